The maximum absolute atomic E-state index is 11.2. The van der Waals surface area contributed by atoms with Crippen molar-refractivity contribution in [2.75, 3.05) is 6.61 Å². The summed E-state index contributed by atoms with van der Waals surface area (Å²) in [6.07, 6.45) is 5.77. The second-order valence-corrected chi connectivity index (χ2v) is 13.3. The minimum Gasteiger partial charge on any atom is -0.396 e. The SMILES string of the molecule is CC(CO)[C@@H](C)[C@@H](O)[C@H](O)[C@@H](C)[C@H]1CC[C@H]2[C@@H]3CC[C@H]4C[C@H](O)[C@H](O)C[C@]4(C)[C@H]3CC[C@]12C. The van der Waals surface area contributed by atoms with E-state index in [4.69, 9.17) is 0 Å². The average molecular weight is 467 g/mol. The van der Waals surface area contributed by atoms with Crippen LogP contribution in [0.5, 0.6) is 0 Å². The van der Waals surface area contributed by atoms with Crippen LogP contribution in [0.1, 0.15) is 86.0 Å². The molecule has 0 bridgehead atoms. The Labute approximate surface area is 201 Å². The van der Waals surface area contributed by atoms with E-state index in [2.05, 4.69) is 20.8 Å². The lowest BCUT2D eigenvalue weighted by Gasteiger charge is -2.61. The summed E-state index contributed by atoms with van der Waals surface area (Å²) in [5.74, 6) is 2.69. The zero-order chi connectivity index (χ0) is 24.3. The van der Waals surface area contributed by atoms with Gasteiger partial charge >= 0.3 is 0 Å². The second kappa shape index (κ2) is 9.35. The van der Waals surface area contributed by atoms with Crippen molar-refractivity contribution >= 4 is 0 Å². The summed E-state index contributed by atoms with van der Waals surface area (Å²) in [7, 11) is 0. The summed E-state index contributed by atoms with van der Waals surface area (Å²) in [6, 6.07) is 0. The standard InChI is InChI=1S/C28H50O5/c1-15(14-29)16(2)25(32)26(33)17(3)20-8-9-21-19-7-6-18-12-23(30)24(31)13-28(18,5)22(19)10-11-27(20,21)4/h15-26,29-33H,6-14H2,1-5H3/t15?,16-,17+,18+,19+,20-,21+,22+,23+,24-,25-,26-,27-,28+/m1/s1. The number of aliphatic hydroxyl groups excluding tert-OH is 5. The van der Waals surface area contributed by atoms with E-state index in [0.717, 1.165) is 32.1 Å². The van der Waals surface area contributed by atoms with E-state index >= 15 is 0 Å². The van der Waals surface area contributed by atoms with Crippen molar-refractivity contribution in [1.29, 1.82) is 0 Å². The molecule has 4 aliphatic carbocycles. The maximum Gasteiger partial charge on any atom is 0.0830 e. The molecule has 0 radical (unpaired) electrons. The third-order valence-electron chi connectivity index (χ3n) is 12.0. The molecule has 5 nitrogen and oxygen atoms in total. The minimum atomic E-state index is -0.814. The highest BCUT2D eigenvalue weighted by molar-refractivity contribution is 5.11. The second-order valence-electron chi connectivity index (χ2n) is 13.3. The zero-order valence-electron chi connectivity index (χ0n) is 21.5. The van der Waals surface area contributed by atoms with Gasteiger partial charge in [-0.2, -0.15) is 0 Å². The van der Waals surface area contributed by atoms with E-state index in [0.29, 0.717) is 29.6 Å². The van der Waals surface area contributed by atoms with Crippen LogP contribution in [-0.2, 0) is 0 Å². The van der Waals surface area contributed by atoms with Crippen molar-refractivity contribution in [1.82, 2.24) is 0 Å². The molecule has 14 atom stereocenters. The number of fused-ring (bicyclic) bond motifs is 5. The van der Waals surface area contributed by atoms with Crippen molar-refractivity contribution in [2.45, 2.75) is 110 Å². The van der Waals surface area contributed by atoms with Gasteiger partial charge in [-0.3, -0.25) is 0 Å². The Morgan fingerprint density at radius 3 is 2.15 bits per heavy atom. The quantitative estimate of drug-likeness (QED) is 0.412. The number of rotatable bonds is 6. The van der Waals surface area contributed by atoms with Gasteiger partial charge in [0.15, 0.2) is 0 Å². The lowest BCUT2D eigenvalue weighted by Crippen LogP contribution is -2.57. The molecular formula is C28H50O5. The number of hydrogen-bond acceptors (Lipinski definition) is 5. The van der Waals surface area contributed by atoms with E-state index in [1.807, 2.05) is 13.8 Å². The topological polar surface area (TPSA) is 101 Å². The van der Waals surface area contributed by atoms with E-state index in [1.165, 1.54) is 19.3 Å². The van der Waals surface area contributed by atoms with Gasteiger partial charge in [0.05, 0.1) is 24.4 Å². The average Bonchev–Trinajstić information content (AvgIpc) is 3.14. The highest BCUT2D eigenvalue weighted by Gasteiger charge is 2.62. The third kappa shape index (κ3) is 4.12. The molecule has 33 heavy (non-hydrogen) atoms. The van der Waals surface area contributed by atoms with Gasteiger partial charge in [-0.15, -0.1) is 0 Å². The van der Waals surface area contributed by atoms with Crippen LogP contribution in [0.15, 0.2) is 0 Å². The third-order valence-corrected chi connectivity index (χ3v) is 12.0. The number of aliphatic hydroxyl groups is 5. The molecule has 0 aromatic carbocycles. The molecule has 0 spiro atoms. The first-order valence-electron chi connectivity index (χ1n) is 13.8. The molecule has 1 unspecified atom stereocenters. The molecule has 4 saturated carbocycles. The van der Waals surface area contributed by atoms with Gasteiger partial charge in [0, 0.05) is 6.61 Å². The summed E-state index contributed by atoms with van der Waals surface area (Å²) in [4.78, 5) is 0. The molecule has 0 aromatic rings. The van der Waals surface area contributed by atoms with Crippen LogP contribution < -0.4 is 0 Å². The molecule has 0 amide bonds. The van der Waals surface area contributed by atoms with E-state index in [-0.39, 0.29) is 35.2 Å². The van der Waals surface area contributed by atoms with E-state index in [1.54, 1.807) is 0 Å². The van der Waals surface area contributed by atoms with Gasteiger partial charge in [-0.05, 0) is 110 Å². The van der Waals surface area contributed by atoms with Crippen LogP contribution >= 0.6 is 0 Å². The first-order chi connectivity index (χ1) is 15.5. The van der Waals surface area contributed by atoms with Gasteiger partial charge in [0.2, 0.25) is 0 Å². The van der Waals surface area contributed by atoms with E-state index in [9.17, 15) is 25.5 Å². The van der Waals surface area contributed by atoms with Gasteiger partial charge in [0.25, 0.3) is 0 Å². The normalized spacial score (nSPS) is 49.8. The van der Waals surface area contributed by atoms with Crippen LogP contribution in [-0.4, -0.2) is 56.6 Å². The fourth-order valence-electron chi connectivity index (χ4n) is 9.54. The molecule has 4 aliphatic rings. The lowest BCUT2D eigenvalue weighted by atomic mass is 9.44. The fraction of sp³-hybridized carbons (Fsp3) is 1.00. The van der Waals surface area contributed by atoms with Gasteiger partial charge in [0.1, 0.15) is 0 Å². The summed E-state index contributed by atoms with van der Waals surface area (Å²) < 4.78 is 0. The molecule has 4 rings (SSSR count). The van der Waals surface area contributed by atoms with Crippen molar-refractivity contribution in [3.8, 4) is 0 Å². The van der Waals surface area contributed by atoms with Crippen LogP contribution in [0.4, 0.5) is 0 Å². The monoisotopic (exact) mass is 466 g/mol. The lowest BCUT2D eigenvalue weighted by molar-refractivity contribution is -0.163. The summed E-state index contributed by atoms with van der Waals surface area (Å²) in [5, 5.41) is 52.4. The molecule has 0 heterocycles. The molecule has 0 aliphatic heterocycles. The minimum absolute atomic E-state index is 0.0249. The highest BCUT2D eigenvalue weighted by atomic mass is 16.3. The van der Waals surface area contributed by atoms with Gasteiger partial charge in [-0.25, -0.2) is 0 Å². The van der Waals surface area contributed by atoms with Crippen LogP contribution in [0.3, 0.4) is 0 Å². The molecule has 192 valence electrons. The molecule has 0 aromatic heterocycles. The molecule has 5 N–H and O–H groups in total. The number of hydrogen-bond donors (Lipinski definition) is 5. The Kier molecular flexibility index (Phi) is 7.33. The Morgan fingerprint density at radius 2 is 1.48 bits per heavy atom. The largest absolute Gasteiger partial charge is 0.396 e. The first-order valence-corrected chi connectivity index (χ1v) is 13.8. The maximum atomic E-state index is 11.2. The van der Waals surface area contributed by atoms with E-state index < -0.39 is 24.4 Å². The van der Waals surface area contributed by atoms with Gasteiger partial charge < -0.3 is 25.5 Å². The smallest absolute Gasteiger partial charge is 0.0830 e. The Hall–Kier alpha value is -0.200. The Morgan fingerprint density at radius 1 is 0.818 bits per heavy atom. The zero-order valence-corrected chi connectivity index (χ0v) is 21.5. The molecule has 0 saturated heterocycles. The van der Waals surface area contributed by atoms with Crippen molar-refractivity contribution in [3.05, 3.63) is 0 Å². The van der Waals surface area contributed by atoms with Crippen LogP contribution in [0.25, 0.3) is 0 Å². The van der Waals surface area contributed by atoms with Crippen molar-refractivity contribution < 1.29 is 25.5 Å². The predicted molar refractivity (Wildman–Crippen MR) is 129 cm³/mol. The van der Waals surface area contributed by atoms with Crippen molar-refractivity contribution in [2.24, 2.45) is 58.2 Å². The predicted octanol–water partition coefficient (Wildman–Crippen LogP) is 3.60. The van der Waals surface area contributed by atoms with Crippen molar-refractivity contribution in [3.63, 3.8) is 0 Å². The summed E-state index contributed by atoms with van der Waals surface area (Å²) >= 11 is 0. The first kappa shape index (κ1) is 25.9. The summed E-state index contributed by atoms with van der Waals surface area (Å²) in [5.41, 5.74) is 0.307. The van der Waals surface area contributed by atoms with Gasteiger partial charge in [-0.1, -0.05) is 34.6 Å². The summed E-state index contributed by atoms with van der Waals surface area (Å²) in [6.45, 7) is 10.9. The fourth-order valence-corrected chi connectivity index (χ4v) is 9.54. The molecule has 4 fully saturated rings. The Bertz CT molecular complexity index is 685. The highest BCUT2D eigenvalue weighted by Crippen LogP contribution is 2.68. The van der Waals surface area contributed by atoms with Crippen LogP contribution in [0.2, 0.25) is 0 Å². The Balaban J connectivity index is 1.50. The molecule has 5 heteroatoms. The van der Waals surface area contributed by atoms with Crippen LogP contribution in [0, 0.1) is 58.2 Å². The molecular weight excluding hydrogens is 416 g/mol.